The van der Waals surface area contributed by atoms with Crippen LogP contribution in [0.1, 0.15) is 29.4 Å². The molecule has 1 aliphatic rings. The van der Waals surface area contributed by atoms with Crippen molar-refractivity contribution < 1.29 is 14.7 Å². The van der Waals surface area contributed by atoms with Crippen LogP contribution < -0.4 is 0 Å². The summed E-state index contributed by atoms with van der Waals surface area (Å²) < 4.78 is 1.60. The molecule has 6 heteroatoms. The minimum absolute atomic E-state index is 0.128. The molecule has 1 aliphatic heterocycles. The van der Waals surface area contributed by atoms with Crippen LogP contribution in [-0.4, -0.2) is 44.3 Å². The number of hydrogen-bond donors (Lipinski definition) is 1. The fourth-order valence-corrected chi connectivity index (χ4v) is 2.52. The van der Waals surface area contributed by atoms with Crippen LogP contribution >= 0.6 is 0 Å². The van der Waals surface area contributed by atoms with Crippen molar-refractivity contribution in [2.75, 3.05) is 6.54 Å². The van der Waals surface area contributed by atoms with E-state index in [4.69, 9.17) is 5.11 Å². The van der Waals surface area contributed by atoms with Gasteiger partial charge in [0, 0.05) is 25.8 Å². The Bertz CT molecular complexity index is 495. The molecular weight excluding hydrogens is 234 g/mol. The van der Waals surface area contributed by atoms with Gasteiger partial charge in [-0.3, -0.25) is 14.3 Å². The molecule has 6 nitrogen and oxygen atoms in total. The van der Waals surface area contributed by atoms with Gasteiger partial charge in [-0.25, -0.2) is 0 Å². The van der Waals surface area contributed by atoms with Crippen LogP contribution in [0.15, 0.2) is 6.20 Å². The summed E-state index contributed by atoms with van der Waals surface area (Å²) in [5.74, 6) is -1.43. The number of carboxylic acids is 1. The predicted octanol–water partition coefficient (Wildman–Crippen LogP) is 0.664. The van der Waals surface area contributed by atoms with Crippen LogP contribution in [0.4, 0.5) is 0 Å². The standard InChI is InChI=1S/C12H17N3O3/c1-7-10(6-14(3)13-7)11(16)15-5-4-9(8(15)2)12(17)18/h6,8-9H,4-5H2,1-3H3,(H,17,18). The number of amides is 1. The second kappa shape index (κ2) is 4.44. The molecule has 2 unspecified atom stereocenters. The van der Waals surface area contributed by atoms with Gasteiger partial charge in [-0.1, -0.05) is 0 Å². The number of likely N-dealkylation sites (tertiary alicyclic amines) is 1. The molecule has 0 bridgehead atoms. The van der Waals surface area contributed by atoms with Gasteiger partial charge in [0.2, 0.25) is 0 Å². The molecular formula is C12H17N3O3. The van der Waals surface area contributed by atoms with Gasteiger partial charge in [0.05, 0.1) is 17.2 Å². The van der Waals surface area contributed by atoms with Gasteiger partial charge >= 0.3 is 5.97 Å². The highest BCUT2D eigenvalue weighted by Gasteiger charge is 2.38. The third-order valence-corrected chi connectivity index (χ3v) is 3.58. The predicted molar refractivity (Wildman–Crippen MR) is 64.2 cm³/mol. The highest BCUT2D eigenvalue weighted by Crippen LogP contribution is 2.26. The van der Waals surface area contributed by atoms with Gasteiger partial charge in [-0.15, -0.1) is 0 Å². The monoisotopic (exact) mass is 251 g/mol. The Morgan fingerprint density at radius 2 is 2.17 bits per heavy atom. The highest BCUT2D eigenvalue weighted by atomic mass is 16.4. The number of aryl methyl sites for hydroxylation is 2. The van der Waals surface area contributed by atoms with E-state index in [1.165, 1.54) is 0 Å². The first kappa shape index (κ1) is 12.6. The van der Waals surface area contributed by atoms with Crippen LogP contribution in [0.2, 0.25) is 0 Å². The SMILES string of the molecule is Cc1nn(C)cc1C(=O)N1CCC(C(=O)O)C1C. The topological polar surface area (TPSA) is 75.4 Å². The first-order chi connectivity index (χ1) is 8.41. The number of aliphatic carboxylic acids is 1. The summed E-state index contributed by atoms with van der Waals surface area (Å²) in [6.07, 6.45) is 2.19. The Labute approximate surface area is 105 Å². The first-order valence-electron chi connectivity index (χ1n) is 5.96. The zero-order valence-corrected chi connectivity index (χ0v) is 10.8. The fraction of sp³-hybridized carbons (Fsp3) is 0.583. The van der Waals surface area contributed by atoms with Gasteiger partial charge in [-0.2, -0.15) is 5.10 Å². The van der Waals surface area contributed by atoms with E-state index in [9.17, 15) is 9.59 Å². The molecule has 0 aliphatic carbocycles. The van der Waals surface area contributed by atoms with E-state index in [0.29, 0.717) is 24.2 Å². The van der Waals surface area contributed by atoms with E-state index < -0.39 is 11.9 Å². The Hall–Kier alpha value is -1.85. The van der Waals surface area contributed by atoms with Crippen LogP contribution in [0, 0.1) is 12.8 Å². The lowest BCUT2D eigenvalue weighted by molar-refractivity contribution is -0.142. The molecule has 0 saturated carbocycles. The van der Waals surface area contributed by atoms with Crippen LogP contribution in [-0.2, 0) is 11.8 Å². The van der Waals surface area contributed by atoms with Crippen molar-refractivity contribution in [2.45, 2.75) is 26.3 Å². The Morgan fingerprint density at radius 3 is 2.61 bits per heavy atom. The summed E-state index contributed by atoms with van der Waals surface area (Å²) in [7, 11) is 1.76. The van der Waals surface area contributed by atoms with Gasteiger partial charge in [0.25, 0.3) is 5.91 Å². The van der Waals surface area contributed by atoms with Crippen molar-refractivity contribution in [3.63, 3.8) is 0 Å². The Kier molecular flexibility index (Phi) is 3.11. The molecule has 2 atom stereocenters. The summed E-state index contributed by atoms with van der Waals surface area (Å²) in [5.41, 5.74) is 1.23. The van der Waals surface area contributed by atoms with E-state index in [2.05, 4.69) is 5.10 Å². The summed E-state index contributed by atoms with van der Waals surface area (Å²) in [5, 5.41) is 13.2. The van der Waals surface area contributed by atoms with Crippen molar-refractivity contribution >= 4 is 11.9 Å². The first-order valence-corrected chi connectivity index (χ1v) is 5.96. The molecule has 98 valence electrons. The average Bonchev–Trinajstić information content (AvgIpc) is 2.81. The highest BCUT2D eigenvalue weighted by molar-refractivity contribution is 5.95. The van der Waals surface area contributed by atoms with Crippen molar-refractivity contribution in [3.05, 3.63) is 17.5 Å². The quantitative estimate of drug-likeness (QED) is 0.838. The van der Waals surface area contributed by atoms with Crippen molar-refractivity contribution in [2.24, 2.45) is 13.0 Å². The number of nitrogens with zero attached hydrogens (tertiary/aromatic N) is 3. The lowest BCUT2D eigenvalue weighted by Crippen LogP contribution is -2.37. The van der Waals surface area contributed by atoms with E-state index in [1.807, 2.05) is 0 Å². The van der Waals surface area contributed by atoms with Gasteiger partial charge in [-0.05, 0) is 20.3 Å². The minimum atomic E-state index is -0.833. The van der Waals surface area contributed by atoms with Crippen molar-refractivity contribution in [1.82, 2.24) is 14.7 Å². The fourth-order valence-electron chi connectivity index (χ4n) is 2.52. The molecule has 1 aromatic heterocycles. The summed E-state index contributed by atoms with van der Waals surface area (Å²) >= 11 is 0. The van der Waals surface area contributed by atoms with Crippen molar-refractivity contribution in [1.29, 1.82) is 0 Å². The third kappa shape index (κ3) is 1.98. The molecule has 2 rings (SSSR count). The zero-order valence-electron chi connectivity index (χ0n) is 10.8. The minimum Gasteiger partial charge on any atom is -0.481 e. The van der Waals surface area contributed by atoms with E-state index >= 15 is 0 Å². The van der Waals surface area contributed by atoms with E-state index in [-0.39, 0.29) is 11.9 Å². The second-order valence-corrected chi connectivity index (χ2v) is 4.77. The average molecular weight is 251 g/mol. The van der Waals surface area contributed by atoms with E-state index in [1.54, 1.807) is 36.7 Å². The van der Waals surface area contributed by atoms with Gasteiger partial charge < -0.3 is 10.0 Å². The number of rotatable bonds is 2. The zero-order chi connectivity index (χ0) is 13.4. The van der Waals surface area contributed by atoms with E-state index in [0.717, 1.165) is 0 Å². The smallest absolute Gasteiger partial charge is 0.308 e. The Balaban J connectivity index is 2.21. The largest absolute Gasteiger partial charge is 0.481 e. The van der Waals surface area contributed by atoms with Crippen LogP contribution in [0.25, 0.3) is 0 Å². The number of hydrogen-bond acceptors (Lipinski definition) is 3. The summed E-state index contributed by atoms with van der Waals surface area (Å²) in [6.45, 7) is 4.06. The maximum Gasteiger partial charge on any atom is 0.308 e. The second-order valence-electron chi connectivity index (χ2n) is 4.77. The maximum atomic E-state index is 12.3. The number of aromatic nitrogens is 2. The molecule has 0 spiro atoms. The van der Waals surface area contributed by atoms with Gasteiger partial charge in [0.1, 0.15) is 0 Å². The molecule has 1 amide bonds. The molecule has 0 radical (unpaired) electrons. The van der Waals surface area contributed by atoms with Gasteiger partial charge in [0.15, 0.2) is 0 Å². The maximum absolute atomic E-state index is 12.3. The van der Waals surface area contributed by atoms with Crippen LogP contribution in [0.5, 0.6) is 0 Å². The molecule has 1 fully saturated rings. The molecule has 2 heterocycles. The molecule has 1 saturated heterocycles. The molecule has 0 aromatic carbocycles. The van der Waals surface area contributed by atoms with Crippen LogP contribution in [0.3, 0.4) is 0 Å². The number of carbonyl (C=O) groups is 2. The molecule has 18 heavy (non-hydrogen) atoms. The number of carboxylic acid groups (broad SMARTS) is 1. The van der Waals surface area contributed by atoms with Crippen molar-refractivity contribution in [3.8, 4) is 0 Å². The summed E-state index contributed by atoms with van der Waals surface area (Å²) in [4.78, 5) is 25.0. The Morgan fingerprint density at radius 1 is 1.50 bits per heavy atom. The normalized spacial score (nSPS) is 23.4. The summed E-state index contributed by atoms with van der Waals surface area (Å²) in [6, 6.07) is -0.269. The molecule has 1 aromatic rings. The number of carbonyl (C=O) groups excluding carboxylic acids is 1. The molecule has 1 N–H and O–H groups in total. The lowest BCUT2D eigenvalue weighted by Gasteiger charge is -2.22. The third-order valence-electron chi connectivity index (χ3n) is 3.58. The lowest BCUT2D eigenvalue weighted by atomic mass is 10.0.